The maximum atomic E-state index is 13.2. The first-order valence-electron chi connectivity index (χ1n) is 10.3. The average molecular weight is 444 g/mol. The summed E-state index contributed by atoms with van der Waals surface area (Å²) in [6.45, 7) is 3.67. The highest BCUT2D eigenvalue weighted by atomic mass is 16.5. The molecule has 0 fully saturated rings. The lowest BCUT2D eigenvalue weighted by Gasteiger charge is -2.37. The molecule has 1 heterocycles. The minimum Gasteiger partial charge on any atom is -0.493 e. The zero-order valence-corrected chi connectivity index (χ0v) is 18.8. The molecule has 1 aliphatic heterocycles. The predicted molar refractivity (Wildman–Crippen MR) is 120 cm³/mol. The van der Waals surface area contributed by atoms with Gasteiger partial charge in [-0.3, -0.25) is 9.59 Å². The van der Waals surface area contributed by atoms with Crippen LogP contribution in [-0.2, 0) is 4.79 Å². The maximum absolute atomic E-state index is 13.2. The summed E-state index contributed by atoms with van der Waals surface area (Å²) in [4.78, 5) is 28.1. The first-order chi connectivity index (χ1) is 15.4. The molecule has 1 aliphatic rings. The maximum Gasteiger partial charge on any atom is 0.255 e. The molecule has 0 aliphatic carbocycles. The first kappa shape index (κ1) is 23.1. The van der Waals surface area contributed by atoms with Gasteiger partial charge in [0.15, 0.2) is 18.1 Å². The molecular formula is C23H29N3O6. The van der Waals surface area contributed by atoms with E-state index in [0.29, 0.717) is 18.7 Å². The van der Waals surface area contributed by atoms with Crippen LogP contribution in [0.25, 0.3) is 0 Å². The summed E-state index contributed by atoms with van der Waals surface area (Å²) in [5.41, 5.74) is 6.57. The van der Waals surface area contributed by atoms with E-state index in [1.165, 1.54) is 14.2 Å². The number of rotatable bonds is 9. The van der Waals surface area contributed by atoms with Gasteiger partial charge in [0.1, 0.15) is 11.9 Å². The Morgan fingerprint density at radius 1 is 1.19 bits per heavy atom. The number of ether oxygens (including phenoxy) is 4. The van der Waals surface area contributed by atoms with E-state index >= 15 is 0 Å². The van der Waals surface area contributed by atoms with Crippen LogP contribution in [0.5, 0.6) is 23.0 Å². The number of nitrogens with zero attached hydrogens (tertiary/aromatic N) is 2. The van der Waals surface area contributed by atoms with Crippen LogP contribution in [0.2, 0.25) is 0 Å². The predicted octanol–water partition coefficient (Wildman–Crippen LogP) is 1.93. The monoisotopic (exact) mass is 443 g/mol. The Labute approximate surface area is 187 Å². The molecule has 0 saturated carbocycles. The molecule has 9 heteroatoms. The van der Waals surface area contributed by atoms with Crippen molar-refractivity contribution in [2.45, 2.75) is 13.0 Å². The topological polar surface area (TPSA) is 104 Å². The van der Waals surface area contributed by atoms with Crippen LogP contribution in [0, 0.1) is 0 Å². The molecule has 0 spiro atoms. The molecule has 0 radical (unpaired) electrons. The van der Waals surface area contributed by atoms with Crippen LogP contribution in [0.1, 0.15) is 17.3 Å². The summed E-state index contributed by atoms with van der Waals surface area (Å²) in [6, 6.07) is 11.0. The van der Waals surface area contributed by atoms with Crippen molar-refractivity contribution >= 4 is 17.5 Å². The highest BCUT2D eigenvalue weighted by Gasteiger charge is 2.28. The second kappa shape index (κ2) is 10.1. The number of hydrogen-bond acceptors (Lipinski definition) is 7. The Kier molecular flexibility index (Phi) is 7.29. The SMILES string of the molecule is CCN1CC(CN(C)C(=O)c2cc(OC)c(OCC(N)=O)c(OC)c2)Oc2ccccc21. The van der Waals surface area contributed by atoms with Gasteiger partial charge >= 0.3 is 0 Å². The number of carbonyl (C=O) groups excluding carboxylic acids is 2. The quantitative estimate of drug-likeness (QED) is 0.632. The lowest BCUT2D eigenvalue weighted by Crippen LogP contribution is -2.46. The molecule has 1 unspecified atom stereocenters. The number of methoxy groups -OCH3 is 2. The molecule has 2 aromatic carbocycles. The highest BCUT2D eigenvalue weighted by molar-refractivity contribution is 5.95. The largest absolute Gasteiger partial charge is 0.493 e. The number of para-hydroxylation sites is 2. The normalized spacial score (nSPS) is 14.8. The fourth-order valence-corrected chi connectivity index (χ4v) is 3.67. The van der Waals surface area contributed by atoms with Crippen molar-refractivity contribution in [3.8, 4) is 23.0 Å². The molecule has 0 saturated heterocycles. The number of anilines is 1. The van der Waals surface area contributed by atoms with Crippen molar-refractivity contribution in [3.05, 3.63) is 42.0 Å². The van der Waals surface area contributed by atoms with E-state index in [1.54, 1.807) is 24.1 Å². The smallest absolute Gasteiger partial charge is 0.255 e. The number of hydrogen-bond donors (Lipinski definition) is 1. The second-order valence-electron chi connectivity index (χ2n) is 7.40. The van der Waals surface area contributed by atoms with Gasteiger partial charge in [0.2, 0.25) is 5.75 Å². The van der Waals surface area contributed by atoms with E-state index < -0.39 is 5.91 Å². The van der Waals surface area contributed by atoms with Crippen LogP contribution in [-0.4, -0.2) is 70.3 Å². The van der Waals surface area contributed by atoms with E-state index in [0.717, 1.165) is 18.0 Å². The van der Waals surface area contributed by atoms with Gasteiger partial charge in [0.05, 0.1) is 33.0 Å². The summed E-state index contributed by atoms with van der Waals surface area (Å²) < 4.78 is 22.2. The number of likely N-dealkylation sites (N-methyl/N-ethyl adjacent to an activating group) is 2. The Morgan fingerprint density at radius 3 is 2.44 bits per heavy atom. The van der Waals surface area contributed by atoms with Gasteiger partial charge in [0, 0.05) is 19.2 Å². The zero-order valence-electron chi connectivity index (χ0n) is 18.8. The third-order valence-corrected chi connectivity index (χ3v) is 5.20. The van der Waals surface area contributed by atoms with E-state index in [4.69, 9.17) is 24.7 Å². The number of fused-ring (bicyclic) bond motifs is 1. The minimum absolute atomic E-state index is 0.180. The minimum atomic E-state index is -0.635. The third-order valence-electron chi connectivity index (χ3n) is 5.20. The Morgan fingerprint density at radius 2 is 1.84 bits per heavy atom. The highest BCUT2D eigenvalue weighted by Crippen LogP contribution is 2.39. The van der Waals surface area contributed by atoms with Crippen molar-refractivity contribution < 1.29 is 28.5 Å². The van der Waals surface area contributed by atoms with Crippen LogP contribution in [0.15, 0.2) is 36.4 Å². The molecule has 3 rings (SSSR count). The number of nitrogens with two attached hydrogens (primary N) is 1. The number of carbonyl (C=O) groups is 2. The molecule has 2 amide bonds. The van der Waals surface area contributed by atoms with Crippen molar-refractivity contribution in [1.29, 1.82) is 0 Å². The van der Waals surface area contributed by atoms with Crippen molar-refractivity contribution in [1.82, 2.24) is 4.90 Å². The first-order valence-corrected chi connectivity index (χ1v) is 10.3. The molecule has 9 nitrogen and oxygen atoms in total. The van der Waals surface area contributed by atoms with Gasteiger partial charge in [-0.25, -0.2) is 0 Å². The Bertz CT molecular complexity index is 955. The Hall–Kier alpha value is -3.62. The van der Waals surface area contributed by atoms with Crippen molar-refractivity contribution in [2.75, 3.05) is 52.4 Å². The van der Waals surface area contributed by atoms with Crippen molar-refractivity contribution in [3.63, 3.8) is 0 Å². The zero-order chi connectivity index (χ0) is 23.3. The fourth-order valence-electron chi connectivity index (χ4n) is 3.67. The van der Waals surface area contributed by atoms with E-state index in [9.17, 15) is 9.59 Å². The average Bonchev–Trinajstić information content (AvgIpc) is 2.80. The van der Waals surface area contributed by atoms with Gasteiger partial charge in [-0.15, -0.1) is 0 Å². The fraction of sp³-hybridized carbons (Fsp3) is 0.391. The van der Waals surface area contributed by atoms with Crippen LogP contribution in [0.4, 0.5) is 5.69 Å². The van der Waals surface area contributed by atoms with E-state index in [-0.39, 0.29) is 35.9 Å². The van der Waals surface area contributed by atoms with Crippen LogP contribution >= 0.6 is 0 Å². The standard InChI is InChI=1S/C23H29N3O6/c1-5-26-13-16(32-18-9-7-6-8-17(18)26)12-25(2)23(28)15-10-19(29-3)22(20(11-15)30-4)31-14-21(24)27/h6-11,16H,5,12-14H2,1-4H3,(H2,24,27). The van der Waals surface area contributed by atoms with Crippen LogP contribution in [0.3, 0.4) is 0 Å². The molecule has 172 valence electrons. The second-order valence-corrected chi connectivity index (χ2v) is 7.40. The molecule has 2 N–H and O–H groups in total. The number of primary amides is 1. The summed E-state index contributed by atoms with van der Waals surface area (Å²) in [5.74, 6) is 0.687. The molecule has 32 heavy (non-hydrogen) atoms. The van der Waals surface area contributed by atoms with E-state index in [2.05, 4.69) is 11.8 Å². The molecule has 0 bridgehead atoms. The summed E-state index contributed by atoms with van der Waals surface area (Å²) >= 11 is 0. The summed E-state index contributed by atoms with van der Waals surface area (Å²) in [5, 5.41) is 0. The molecule has 1 atom stereocenters. The summed E-state index contributed by atoms with van der Waals surface area (Å²) in [7, 11) is 4.60. The lowest BCUT2D eigenvalue weighted by molar-refractivity contribution is -0.120. The van der Waals surface area contributed by atoms with Gasteiger partial charge < -0.3 is 34.5 Å². The van der Waals surface area contributed by atoms with Gasteiger partial charge in [0.25, 0.3) is 11.8 Å². The molecule has 0 aromatic heterocycles. The number of benzene rings is 2. The van der Waals surface area contributed by atoms with Crippen LogP contribution < -0.4 is 29.6 Å². The summed E-state index contributed by atoms with van der Waals surface area (Å²) in [6.07, 6.45) is -0.180. The third kappa shape index (κ3) is 4.99. The van der Waals surface area contributed by atoms with Gasteiger partial charge in [-0.05, 0) is 31.2 Å². The van der Waals surface area contributed by atoms with E-state index in [1.807, 2.05) is 24.3 Å². The van der Waals surface area contributed by atoms with Crippen molar-refractivity contribution in [2.24, 2.45) is 5.73 Å². The lowest BCUT2D eigenvalue weighted by atomic mass is 10.1. The number of amides is 2. The Balaban J connectivity index is 1.77. The van der Waals surface area contributed by atoms with Gasteiger partial charge in [-0.1, -0.05) is 12.1 Å². The molecular weight excluding hydrogens is 414 g/mol. The molecule has 2 aromatic rings. The van der Waals surface area contributed by atoms with Gasteiger partial charge in [-0.2, -0.15) is 0 Å².